The van der Waals surface area contributed by atoms with Gasteiger partial charge in [-0.1, -0.05) is 44.5 Å². The van der Waals surface area contributed by atoms with Crippen molar-refractivity contribution in [3.8, 4) is 11.3 Å². The molecule has 0 saturated heterocycles. The molecule has 104 valence electrons. The van der Waals surface area contributed by atoms with Gasteiger partial charge in [-0.2, -0.15) is 0 Å². The molecule has 0 radical (unpaired) electrons. The Morgan fingerprint density at radius 1 is 1.20 bits per heavy atom. The van der Waals surface area contributed by atoms with Gasteiger partial charge >= 0.3 is 5.97 Å². The maximum Gasteiger partial charge on any atom is 0.337 e. The summed E-state index contributed by atoms with van der Waals surface area (Å²) >= 11 is 6.00. The SMILES string of the molecule is CC(C)(C)c1cccc(-c2ccc(C(=O)O)c(Cl)c2)n1. The molecule has 1 heterocycles. The Kier molecular flexibility index (Phi) is 3.82. The smallest absolute Gasteiger partial charge is 0.337 e. The molecule has 3 nitrogen and oxygen atoms in total. The van der Waals surface area contributed by atoms with Crippen LogP contribution in [-0.4, -0.2) is 16.1 Å². The quantitative estimate of drug-likeness (QED) is 0.891. The molecule has 20 heavy (non-hydrogen) atoms. The second kappa shape index (κ2) is 5.25. The first kappa shape index (κ1) is 14.5. The molecule has 0 unspecified atom stereocenters. The highest BCUT2D eigenvalue weighted by molar-refractivity contribution is 6.33. The van der Waals surface area contributed by atoms with Crippen LogP contribution in [0, 0.1) is 0 Å². The average Bonchev–Trinajstić information content (AvgIpc) is 2.37. The Morgan fingerprint density at radius 3 is 2.45 bits per heavy atom. The summed E-state index contributed by atoms with van der Waals surface area (Å²) < 4.78 is 0. The standard InChI is InChI=1S/C16H16ClNO2/c1-16(2,3)14-6-4-5-13(18-14)10-7-8-11(15(19)20)12(17)9-10/h4-9H,1-3H3,(H,19,20). The van der Waals surface area contributed by atoms with E-state index in [0.29, 0.717) is 0 Å². The van der Waals surface area contributed by atoms with Gasteiger partial charge in [-0.15, -0.1) is 0 Å². The Labute approximate surface area is 123 Å². The molecule has 0 saturated carbocycles. The van der Waals surface area contributed by atoms with Crippen LogP contribution in [-0.2, 0) is 5.41 Å². The molecule has 2 rings (SSSR count). The van der Waals surface area contributed by atoms with Gasteiger partial charge in [-0.05, 0) is 24.3 Å². The number of nitrogens with zero attached hydrogens (tertiary/aromatic N) is 1. The molecule has 0 aliphatic heterocycles. The molecule has 0 aliphatic carbocycles. The summed E-state index contributed by atoms with van der Waals surface area (Å²) in [7, 11) is 0. The zero-order valence-corrected chi connectivity index (χ0v) is 12.4. The maximum absolute atomic E-state index is 11.0. The van der Waals surface area contributed by atoms with Gasteiger partial charge < -0.3 is 5.11 Å². The molecule has 1 N–H and O–H groups in total. The zero-order valence-electron chi connectivity index (χ0n) is 11.6. The summed E-state index contributed by atoms with van der Waals surface area (Å²) in [6, 6.07) is 10.7. The summed E-state index contributed by atoms with van der Waals surface area (Å²) in [6.45, 7) is 6.29. The zero-order chi connectivity index (χ0) is 14.9. The van der Waals surface area contributed by atoms with Gasteiger partial charge in [0.25, 0.3) is 0 Å². The number of aromatic carboxylic acids is 1. The molecule has 0 fully saturated rings. The normalized spacial score (nSPS) is 11.4. The molecule has 0 spiro atoms. The minimum atomic E-state index is -1.03. The van der Waals surface area contributed by atoms with Gasteiger partial charge in [0.2, 0.25) is 0 Å². The van der Waals surface area contributed by atoms with E-state index in [1.807, 2.05) is 18.2 Å². The first-order chi connectivity index (χ1) is 9.29. The minimum absolute atomic E-state index is 0.0409. The monoisotopic (exact) mass is 289 g/mol. The fourth-order valence-electron chi connectivity index (χ4n) is 1.86. The van der Waals surface area contributed by atoms with E-state index in [-0.39, 0.29) is 16.0 Å². The number of hydrogen-bond acceptors (Lipinski definition) is 2. The molecule has 2 aromatic rings. The summed E-state index contributed by atoms with van der Waals surface area (Å²) in [5, 5.41) is 9.20. The van der Waals surface area contributed by atoms with Gasteiger partial charge in [0.15, 0.2) is 0 Å². The number of carbonyl (C=O) groups is 1. The van der Waals surface area contributed by atoms with Crippen LogP contribution in [0.15, 0.2) is 36.4 Å². The van der Waals surface area contributed by atoms with Gasteiger partial charge in [0.05, 0.1) is 16.3 Å². The lowest BCUT2D eigenvalue weighted by Gasteiger charge is -2.18. The number of hydrogen-bond donors (Lipinski definition) is 1. The molecular formula is C16H16ClNO2. The number of aromatic nitrogens is 1. The Bertz CT molecular complexity index is 660. The lowest BCUT2D eigenvalue weighted by molar-refractivity contribution is 0.0697. The van der Waals surface area contributed by atoms with Crippen LogP contribution in [0.3, 0.4) is 0 Å². The predicted octanol–water partition coefficient (Wildman–Crippen LogP) is 4.40. The van der Waals surface area contributed by atoms with Crippen LogP contribution in [0.5, 0.6) is 0 Å². The van der Waals surface area contributed by atoms with Crippen molar-refractivity contribution in [2.45, 2.75) is 26.2 Å². The summed E-state index contributed by atoms with van der Waals surface area (Å²) in [4.78, 5) is 15.6. The van der Waals surface area contributed by atoms with Gasteiger partial charge in [-0.3, -0.25) is 4.98 Å². The topological polar surface area (TPSA) is 50.2 Å². The van der Waals surface area contributed by atoms with E-state index in [9.17, 15) is 4.79 Å². The number of halogens is 1. The number of pyridine rings is 1. The fraction of sp³-hybridized carbons (Fsp3) is 0.250. The largest absolute Gasteiger partial charge is 0.478 e. The van der Waals surface area contributed by atoms with Gasteiger partial charge in [0, 0.05) is 16.7 Å². The summed E-state index contributed by atoms with van der Waals surface area (Å²) in [6.07, 6.45) is 0. The molecule has 0 amide bonds. The first-order valence-corrected chi connectivity index (χ1v) is 6.67. The third kappa shape index (κ3) is 2.99. The lowest BCUT2D eigenvalue weighted by atomic mass is 9.91. The van der Waals surface area contributed by atoms with Crippen molar-refractivity contribution in [1.29, 1.82) is 0 Å². The molecule has 4 heteroatoms. The van der Waals surface area contributed by atoms with E-state index in [0.717, 1.165) is 17.0 Å². The molecule has 0 bridgehead atoms. The fourth-order valence-corrected chi connectivity index (χ4v) is 2.12. The third-order valence-corrected chi connectivity index (χ3v) is 3.33. The first-order valence-electron chi connectivity index (χ1n) is 6.30. The highest BCUT2D eigenvalue weighted by Gasteiger charge is 2.16. The van der Waals surface area contributed by atoms with E-state index in [1.165, 1.54) is 6.07 Å². The Hall–Kier alpha value is -1.87. The van der Waals surface area contributed by atoms with Crippen molar-refractivity contribution >= 4 is 17.6 Å². The molecular weight excluding hydrogens is 274 g/mol. The Morgan fingerprint density at radius 2 is 1.90 bits per heavy atom. The van der Waals surface area contributed by atoms with Crippen molar-refractivity contribution < 1.29 is 9.90 Å². The Balaban J connectivity index is 2.47. The van der Waals surface area contributed by atoms with E-state index < -0.39 is 5.97 Å². The summed E-state index contributed by atoms with van der Waals surface area (Å²) in [5.41, 5.74) is 2.64. The highest BCUT2D eigenvalue weighted by Crippen LogP contribution is 2.27. The molecule has 0 aliphatic rings. The van der Waals surface area contributed by atoms with Crippen molar-refractivity contribution in [3.05, 3.63) is 52.7 Å². The number of benzene rings is 1. The van der Waals surface area contributed by atoms with Crippen LogP contribution in [0.25, 0.3) is 11.3 Å². The second-order valence-corrected chi connectivity index (χ2v) is 6.07. The van der Waals surface area contributed by atoms with Crippen LogP contribution in [0.4, 0.5) is 0 Å². The molecule has 1 aromatic heterocycles. The third-order valence-electron chi connectivity index (χ3n) is 3.01. The number of rotatable bonds is 2. The van der Waals surface area contributed by atoms with E-state index in [2.05, 4.69) is 25.8 Å². The van der Waals surface area contributed by atoms with Crippen LogP contribution in [0.2, 0.25) is 5.02 Å². The lowest BCUT2D eigenvalue weighted by Crippen LogP contribution is -2.13. The van der Waals surface area contributed by atoms with E-state index >= 15 is 0 Å². The van der Waals surface area contributed by atoms with E-state index in [1.54, 1.807) is 12.1 Å². The minimum Gasteiger partial charge on any atom is -0.478 e. The van der Waals surface area contributed by atoms with Crippen LogP contribution in [0.1, 0.15) is 36.8 Å². The van der Waals surface area contributed by atoms with Gasteiger partial charge in [0.1, 0.15) is 0 Å². The molecule has 0 atom stereocenters. The second-order valence-electron chi connectivity index (χ2n) is 5.66. The van der Waals surface area contributed by atoms with Crippen molar-refractivity contribution in [2.24, 2.45) is 0 Å². The maximum atomic E-state index is 11.0. The van der Waals surface area contributed by atoms with Crippen molar-refractivity contribution in [1.82, 2.24) is 4.98 Å². The van der Waals surface area contributed by atoms with Crippen LogP contribution < -0.4 is 0 Å². The highest BCUT2D eigenvalue weighted by atomic mass is 35.5. The average molecular weight is 290 g/mol. The van der Waals surface area contributed by atoms with Crippen molar-refractivity contribution in [3.63, 3.8) is 0 Å². The van der Waals surface area contributed by atoms with Crippen LogP contribution >= 0.6 is 11.6 Å². The van der Waals surface area contributed by atoms with Gasteiger partial charge in [-0.25, -0.2) is 4.79 Å². The molecule has 1 aromatic carbocycles. The number of carboxylic acids is 1. The van der Waals surface area contributed by atoms with Crippen molar-refractivity contribution in [2.75, 3.05) is 0 Å². The number of carboxylic acid groups (broad SMARTS) is 1. The predicted molar refractivity (Wildman–Crippen MR) is 80.3 cm³/mol. The van der Waals surface area contributed by atoms with E-state index in [4.69, 9.17) is 16.7 Å². The summed E-state index contributed by atoms with van der Waals surface area (Å²) in [5.74, 6) is -1.03.